The van der Waals surface area contributed by atoms with Gasteiger partial charge in [-0.05, 0) is 33.1 Å². The third kappa shape index (κ3) is 6.29. The minimum Gasteiger partial charge on any atom is -0.466 e. The Balaban J connectivity index is 4.05. The van der Waals surface area contributed by atoms with Crippen LogP contribution < -0.4 is 0 Å². The zero-order valence-corrected chi connectivity index (χ0v) is 11.3. The predicted octanol–water partition coefficient (Wildman–Crippen LogP) is 2.56. The molecule has 0 radical (unpaired) electrons. The molecule has 0 aromatic rings. The van der Waals surface area contributed by atoms with Crippen molar-refractivity contribution in [3.05, 3.63) is 0 Å². The fourth-order valence-electron chi connectivity index (χ4n) is 1.60. The molecule has 0 heterocycles. The summed E-state index contributed by atoms with van der Waals surface area (Å²) in [6.07, 6.45) is 2.08. The molecule has 100 valence electrons. The number of esters is 2. The summed E-state index contributed by atoms with van der Waals surface area (Å²) < 4.78 is 9.90. The largest absolute Gasteiger partial charge is 0.466 e. The maximum Gasteiger partial charge on any atom is 0.308 e. The summed E-state index contributed by atoms with van der Waals surface area (Å²) in [5.74, 6) is -0.609. The second-order valence-electron chi connectivity index (χ2n) is 4.09. The van der Waals surface area contributed by atoms with E-state index in [0.717, 1.165) is 6.42 Å². The van der Waals surface area contributed by atoms with E-state index in [1.807, 2.05) is 13.8 Å². The number of ether oxygens (including phenoxy) is 2. The molecular weight excluding hydrogens is 220 g/mol. The second-order valence-corrected chi connectivity index (χ2v) is 4.09. The van der Waals surface area contributed by atoms with E-state index in [4.69, 9.17) is 9.47 Å². The molecule has 0 aliphatic carbocycles. The van der Waals surface area contributed by atoms with Gasteiger partial charge in [-0.25, -0.2) is 0 Å². The molecule has 0 rings (SSSR count). The highest BCUT2D eigenvalue weighted by molar-refractivity contribution is 5.73. The fourth-order valence-corrected chi connectivity index (χ4v) is 1.60. The molecule has 17 heavy (non-hydrogen) atoms. The lowest BCUT2D eigenvalue weighted by atomic mass is 9.95. The second kappa shape index (κ2) is 9.02. The van der Waals surface area contributed by atoms with Crippen LogP contribution in [0.2, 0.25) is 0 Å². The van der Waals surface area contributed by atoms with Gasteiger partial charge in [0.1, 0.15) is 0 Å². The summed E-state index contributed by atoms with van der Waals surface area (Å²) in [5, 5.41) is 0. The van der Waals surface area contributed by atoms with Crippen molar-refractivity contribution in [3.8, 4) is 0 Å². The molecule has 4 heteroatoms. The smallest absolute Gasteiger partial charge is 0.308 e. The first kappa shape index (κ1) is 15.9. The van der Waals surface area contributed by atoms with Crippen molar-refractivity contribution in [1.82, 2.24) is 0 Å². The van der Waals surface area contributed by atoms with E-state index in [9.17, 15) is 9.59 Å². The highest BCUT2D eigenvalue weighted by Crippen LogP contribution is 2.18. The average molecular weight is 244 g/mol. The van der Waals surface area contributed by atoms with E-state index < -0.39 is 0 Å². The SMILES string of the molecule is CCOC(=O)C(C)CC[C@@H](CC)C(=O)OCC. The summed E-state index contributed by atoms with van der Waals surface area (Å²) >= 11 is 0. The third-order valence-electron chi connectivity index (χ3n) is 2.75. The monoisotopic (exact) mass is 244 g/mol. The number of carbonyl (C=O) groups is 2. The van der Waals surface area contributed by atoms with Gasteiger partial charge in [0.15, 0.2) is 0 Å². The fraction of sp³-hybridized carbons (Fsp3) is 0.846. The van der Waals surface area contributed by atoms with Gasteiger partial charge < -0.3 is 9.47 Å². The van der Waals surface area contributed by atoms with Crippen LogP contribution >= 0.6 is 0 Å². The van der Waals surface area contributed by atoms with E-state index in [0.29, 0.717) is 26.1 Å². The van der Waals surface area contributed by atoms with Gasteiger partial charge in [-0.1, -0.05) is 13.8 Å². The van der Waals surface area contributed by atoms with E-state index in [1.54, 1.807) is 13.8 Å². The summed E-state index contributed by atoms with van der Waals surface area (Å²) in [6, 6.07) is 0. The van der Waals surface area contributed by atoms with Gasteiger partial charge in [-0.15, -0.1) is 0 Å². The van der Waals surface area contributed by atoms with Crippen LogP contribution in [0, 0.1) is 11.8 Å². The van der Waals surface area contributed by atoms with Crippen LogP contribution in [0.25, 0.3) is 0 Å². The Morgan fingerprint density at radius 3 is 1.94 bits per heavy atom. The van der Waals surface area contributed by atoms with Gasteiger partial charge in [0.2, 0.25) is 0 Å². The van der Waals surface area contributed by atoms with Crippen LogP contribution in [0.3, 0.4) is 0 Å². The molecule has 0 aromatic carbocycles. The van der Waals surface area contributed by atoms with Crippen LogP contribution in [0.5, 0.6) is 0 Å². The van der Waals surface area contributed by atoms with Crippen molar-refractivity contribution in [1.29, 1.82) is 0 Å². The van der Waals surface area contributed by atoms with Gasteiger partial charge in [0.25, 0.3) is 0 Å². The standard InChI is InChI=1S/C13H24O4/c1-5-11(13(15)17-7-3)9-8-10(4)12(14)16-6-2/h10-11H,5-9H2,1-4H3/t10?,11-/m1/s1. The molecule has 0 saturated heterocycles. The number of hydrogen-bond acceptors (Lipinski definition) is 4. The Labute approximate surface area is 104 Å². The van der Waals surface area contributed by atoms with Gasteiger partial charge in [0, 0.05) is 0 Å². The third-order valence-corrected chi connectivity index (χ3v) is 2.75. The Kier molecular flexibility index (Phi) is 8.46. The maximum atomic E-state index is 11.5. The van der Waals surface area contributed by atoms with Crippen molar-refractivity contribution in [2.24, 2.45) is 11.8 Å². The van der Waals surface area contributed by atoms with Crippen LogP contribution in [-0.4, -0.2) is 25.2 Å². The molecule has 0 spiro atoms. The number of rotatable bonds is 8. The van der Waals surface area contributed by atoms with Gasteiger partial charge in [-0.2, -0.15) is 0 Å². The highest BCUT2D eigenvalue weighted by atomic mass is 16.5. The predicted molar refractivity (Wildman–Crippen MR) is 65.4 cm³/mol. The highest BCUT2D eigenvalue weighted by Gasteiger charge is 2.21. The topological polar surface area (TPSA) is 52.6 Å². The van der Waals surface area contributed by atoms with Crippen LogP contribution in [0.15, 0.2) is 0 Å². The first-order valence-corrected chi connectivity index (χ1v) is 6.39. The number of carbonyl (C=O) groups excluding carboxylic acids is 2. The summed E-state index contributed by atoms with van der Waals surface area (Å²) in [7, 11) is 0. The zero-order valence-electron chi connectivity index (χ0n) is 11.3. The van der Waals surface area contributed by atoms with Crippen molar-refractivity contribution in [3.63, 3.8) is 0 Å². The molecule has 0 N–H and O–H groups in total. The van der Waals surface area contributed by atoms with Crippen LogP contribution in [0.1, 0.15) is 47.0 Å². The summed E-state index contributed by atoms with van der Waals surface area (Å²) in [4.78, 5) is 22.9. The van der Waals surface area contributed by atoms with E-state index in [1.165, 1.54) is 0 Å². The molecule has 1 unspecified atom stereocenters. The van der Waals surface area contributed by atoms with Gasteiger partial charge in [0.05, 0.1) is 25.0 Å². The lowest BCUT2D eigenvalue weighted by Gasteiger charge is -2.15. The quantitative estimate of drug-likeness (QED) is 0.616. The maximum absolute atomic E-state index is 11.5. The minimum absolute atomic E-state index is 0.105. The molecule has 0 saturated carbocycles. The normalized spacial score (nSPS) is 13.9. The van der Waals surface area contributed by atoms with Crippen molar-refractivity contribution in [2.75, 3.05) is 13.2 Å². The zero-order chi connectivity index (χ0) is 13.3. The molecule has 4 nitrogen and oxygen atoms in total. The molecule has 0 fully saturated rings. The summed E-state index contributed by atoms with van der Waals surface area (Å²) in [5.41, 5.74) is 0. The first-order chi connectivity index (χ1) is 8.06. The van der Waals surface area contributed by atoms with Gasteiger partial charge >= 0.3 is 11.9 Å². The minimum atomic E-state index is -0.189. The van der Waals surface area contributed by atoms with E-state index in [-0.39, 0.29) is 23.8 Å². The van der Waals surface area contributed by atoms with E-state index >= 15 is 0 Å². The molecule has 0 bridgehead atoms. The van der Waals surface area contributed by atoms with E-state index in [2.05, 4.69) is 0 Å². The van der Waals surface area contributed by atoms with Crippen molar-refractivity contribution < 1.29 is 19.1 Å². The molecule has 0 aliphatic heterocycles. The molecule has 0 aliphatic rings. The molecule has 0 aromatic heterocycles. The number of hydrogen-bond donors (Lipinski definition) is 0. The lowest BCUT2D eigenvalue weighted by molar-refractivity contribution is -0.151. The van der Waals surface area contributed by atoms with Gasteiger partial charge in [-0.3, -0.25) is 9.59 Å². The molecule has 2 atom stereocenters. The van der Waals surface area contributed by atoms with Crippen LogP contribution in [0.4, 0.5) is 0 Å². The summed E-state index contributed by atoms with van der Waals surface area (Å²) in [6.45, 7) is 8.18. The Morgan fingerprint density at radius 2 is 1.47 bits per heavy atom. The van der Waals surface area contributed by atoms with Crippen molar-refractivity contribution in [2.45, 2.75) is 47.0 Å². The lowest BCUT2D eigenvalue weighted by Crippen LogP contribution is -2.20. The van der Waals surface area contributed by atoms with Crippen LogP contribution in [-0.2, 0) is 19.1 Å². The molecule has 0 amide bonds. The Bertz CT molecular complexity index is 238. The average Bonchev–Trinajstić information content (AvgIpc) is 2.30. The molecular formula is C13H24O4. The Morgan fingerprint density at radius 1 is 0.941 bits per heavy atom. The Hall–Kier alpha value is -1.06. The first-order valence-electron chi connectivity index (χ1n) is 6.39. The van der Waals surface area contributed by atoms with Crippen molar-refractivity contribution >= 4 is 11.9 Å².